The van der Waals surface area contributed by atoms with Crippen molar-refractivity contribution in [1.82, 2.24) is 9.78 Å². The van der Waals surface area contributed by atoms with Crippen LogP contribution >= 0.6 is 0 Å². The fourth-order valence-electron chi connectivity index (χ4n) is 3.07. The van der Waals surface area contributed by atoms with E-state index in [1.165, 1.54) is 0 Å². The van der Waals surface area contributed by atoms with E-state index in [-0.39, 0.29) is 31.1 Å². The van der Waals surface area contributed by atoms with Gasteiger partial charge in [0.25, 0.3) is 0 Å². The summed E-state index contributed by atoms with van der Waals surface area (Å²) in [6, 6.07) is 1.94. The minimum atomic E-state index is -0.983. The topological polar surface area (TPSA) is 73.6 Å². The zero-order valence-corrected chi connectivity index (χ0v) is 16.8. The Labute approximate surface area is 151 Å². The molecule has 0 aromatic carbocycles. The molecule has 2 atom stereocenters. The van der Waals surface area contributed by atoms with Crippen LogP contribution in [-0.4, -0.2) is 40.4 Å². The first-order chi connectivity index (χ1) is 11.5. The molecule has 0 aliphatic carbocycles. The third-order valence-electron chi connectivity index (χ3n) is 4.25. The molecule has 1 heterocycles. The van der Waals surface area contributed by atoms with Crippen molar-refractivity contribution in [1.29, 1.82) is 0 Å². The van der Waals surface area contributed by atoms with Crippen molar-refractivity contribution >= 4 is 5.97 Å². The molecule has 1 aromatic rings. The van der Waals surface area contributed by atoms with Crippen molar-refractivity contribution in [3.63, 3.8) is 0 Å². The van der Waals surface area contributed by atoms with E-state index < -0.39 is 11.7 Å². The van der Waals surface area contributed by atoms with Crippen LogP contribution in [0.3, 0.4) is 0 Å². The summed E-state index contributed by atoms with van der Waals surface area (Å²) in [5, 5.41) is 14.2. The standard InChI is InChI=1S/C19H34N2O4/c1-8-19(7,13-18(4,5)6)17(23)25-10-9-24-16(22)12-21-15(3)11-14(2)20-21/h11,16,22H,8-10,12-13H2,1-7H3. The van der Waals surface area contributed by atoms with Crippen LogP contribution in [-0.2, 0) is 20.8 Å². The predicted octanol–water partition coefficient (Wildman–Crippen LogP) is 3.23. The van der Waals surface area contributed by atoms with E-state index in [1.807, 2.05) is 33.8 Å². The first-order valence-corrected chi connectivity index (χ1v) is 8.95. The molecule has 0 saturated carbocycles. The van der Waals surface area contributed by atoms with Gasteiger partial charge in [-0.25, -0.2) is 0 Å². The highest BCUT2D eigenvalue weighted by Gasteiger charge is 2.36. The van der Waals surface area contributed by atoms with Crippen LogP contribution in [0.1, 0.15) is 58.8 Å². The Morgan fingerprint density at radius 1 is 1.28 bits per heavy atom. The summed E-state index contributed by atoms with van der Waals surface area (Å²) in [6.45, 7) is 14.7. The Kier molecular flexibility index (Phi) is 7.62. The highest BCUT2D eigenvalue weighted by atomic mass is 16.6. The number of carbonyl (C=O) groups excluding carboxylic acids is 1. The molecule has 1 rings (SSSR count). The van der Waals surface area contributed by atoms with Gasteiger partial charge in [0.15, 0.2) is 6.29 Å². The maximum Gasteiger partial charge on any atom is 0.311 e. The lowest BCUT2D eigenvalue weighted by atomic mass is 9.73. The molecule has 0 bridgehead atoms. The third-order valence-corrected chi connectivity index (χ3v) is 4.25. The summed E-state index contributed by atoms with van der Waals surface area (Å²) in [6.07, 6.45) is 0.505. The van der Waals surface area contributed by atoms with Gasteiger partial charge in [-0.2, -0.15) is 5.10 Å². The second kappa shape index (κ2) is 8.81. The normalized spacial score (nSPS) is 15.7. The second-order valence-corrected chi connectivity index (χ2v) is 8.22. The van der Waals surface area contributed by atoms with E-state index in [0.29, 0.717) is 0 Å². The van der Waals surface area contributed by atoms with Crippen molar-refractivity contribution < 1.29 is 19.4 Å². The molecule has 0 spiro atoms. The van der Waals surface area contributed by atoms with E-state index in [0.717, 1.165) is 24.2 Å². The fourth-order valence-corrected chi connectivity index (χ4v) is 3.07. The lowest BCUT2D eigenvalue weighted by Gasteiger charge is -2.32. The minimum Gasteiger partial charge on any atom is -0.463 e. The SMILES string of the molecule is CCC(C)(CC(C)(C)C)C(=O)OCCOC(O)Cn1nc(C)cc1C. The first kappa shape index (κ1) is 21.6. The molecule has 0 aliphatic heterocycles. The fraction of sp³-hybridized carbons (Fsp3) is 0.789. The zero-order chi connectivity index (χ0) is 19.3. The van der Waals surface area contributed by atoms with Crippen LogP contribution in [0.15, 0.2) is 6.07 Å². The van der Waals surface area contributed by atoms with Gasteiger partial charge in [0.05, 0.1) is 24.3 Å². The van der Waals surface area contributed by atoms with Gasteiger partial charge in [-0.05, 0) is 45.1 Å². The van der Waals surface area contributed by atoms with E-state index in [4.69, 9.17) is 9.47 Å². The number of esters is 1. The van der Waals surface area contributed by atoms with Crippen LogP contribution in [0.25, 0.3) is 0 Å². The van der Waals surface area contributed by atoms with Crippen LogP contribution in [0.4, 0.5) is 0 Å². The summed E-state index contributed by atoms with van der Waals surface area (Å²) < 4.78 is 12.4. The highest BCUT2D eigenvalue weighted by Crippen LogP contribution is 2.37. The molecule has 1 N–H and O–H groups in total. The molecular formula is C19H34N2O4. The number of aliphatic hydroxyl groups excluding tert-OH is 1. The Hall–Kier alpha value is -1.40. The van der Waals surface area contributed by atoms with Crippen LogP contribution < -0.4 is 0 Å². The van der Waals surface area contributed by atoms with Crippen molar-refractivity contribution in [3.05, 3.63) is 17.5 Å². The van der Waals surface area contributed by atoms with E-state index in [1.54, 1.807) is 4.68 Å². The van der Waals surface area contributed by atoms with E-state index in [2.05, 4.69) is 25.9 Å². The number of rotatable bonds is 9. The number of carbonyl (C=O) groups is 1. The number of hydrogen-bond acceptors (Lipinski definition) is 5. The molecule has 2 unspecified atom stereocenters. The van der Waals surface area contributed by atoms with Crippen molar-refractivity contribution in [2.75, 3.05) is 13.2 Å². The van der Waals surface area contributed by atoms with Crippen molar-refractivity contribution in [2.24, 2.45) is 10.8 Å². The summed E-state index contributed by atoms with van der Waals surface area (Å²) >= 11 is 0. The van der Waals surface area contributed by atoms with Crippen LogP contribution in [0.2, 0.25) is 0 Å². The molecule has 0 fully saturated rings. The average Bonchev–Trinajstić information content (AvgIpc) is 2.79. The Bertz CT molecular complexity index is 562. The van der Waals surface area contributed by atoms with E-state index >= 15 is 0 Å². The molecule has 25 heavy (non-hydrogen) atoms. The molecule has 144 valence electrons. The Morgan fingerprint density at radius 2 is 1.92 bits per heavy atom. The Balaban J connectivity index is 2.38. The summed E-state index contributed by atoms with van der Waals surface area (Å²) in [4.78, 5) is 12.4. The maximum atomic E-state index is 12.4. The van der Waals surface area contributed by atoms with Gasteiger partial charge in [0.2, 0.25) is 0 Å². The van der Waals surface area contributed by atoms with Gasteiger partial charge >= 0.3 is 5.97 Å². The molecule has 0 radical (unpaired) electrons. The molecule has 0 aliphatic rings. The molecule has 1 aromatic heterocycles. The smallest absolute Gasteiger partial charge is 0.311 e. The lowest BCUT2D eigenvalue weighted by Crippen LogP contribution is -2.34. The molecule has 0 saturated heterocycles. The summed E-state index contributed by atoms with van der Waals surface area (Å²) in [5.41, 5.74) is 1.42. The lowest BCUT2D eigenvalue weighted by molar-refractivity contribution is -0.164. The number of hydrogen-bond donors (Lipinski definition) is 1. The monoisotopic (exact) mass is 354 g/mol. The zero-order valence-electron chi connectivity index (χ0n) is 16.8. The van der Waals surface area contributed by atoms with E-state index in [9.17, 15) is 9.90 Å². The molecule has 6 nitrogen and oxygen atoms in total. The van der Waals surface area contributed by atoms with Gasteiger partial charge in [-0.15, -0.1) is 0 Å². The maximum absolute atomic E-state index is 12.4. The van der Waals surface area contributed by atoms with Crippen LogP contribution in [0.5, 0.6) is 0 Å². The number of aryl methyl sites for hydroxylation is 2. The minimum absolute atomic E-state index is 0.0518. The number of aromatic nitrogens is 2. The van der Waals surface area contributed by atoms with Gasteiger partial charge in [0.1, 0.15) is 6.61 Å². The molecule has 6 heteroatoms. The quantitative estimate of drug-likeness (QED) is 0.419. The van der Waals surface area contributed by atoms with Crippen LogP contribution in [0, 0.1) is 24.7 Å². The number of ether oxygens (including phenoxy) is 2. The Morgan fingerprint density at radius 3 is 2.40 bits per heavy atom. The number of aliphatic hydroxyl groups is 1. The summed E-state index contributed by atoms with van der Waals surface area (Å²) in [7, 11) is 0. The second-order valence-electron chi connectivity index (χ2n) is 8.22. The van der Waals surface area contributed by atoms with Crippen molar-refractivity contribution in [2.45, 2.75) is 74.1 Å². The highest BCUT2D eigenvalue weighted by molar-refractivity contribution is 5.76. The number of nitrogens with zero attached hydrogens (tertiary/aromatic N) is 2. The largest absolute Gasteiger partial charge is 0.463 e. The van der Waals surface area contributed by atoms with Gasteiger partial charge < -0.3 is 14.6 Å². The third kappa shape index (κ3) is 7.16. The summed E-state index contributed by atoms with van der Waals surface area (Å²) in [5.74, 6) is -0.207. The average molecular weight is 354 g/mol. The molecular weight excluding hydrogens is 320 g/mol. The molecule has 0 amide bonds. The van der Waals surface area contributed by atoms with Gasteiger partial charge in [-0.1, -0.05) is 27.7 Å². The van der Waals surface area contributed by atoms with Gasteiger partial charge in [-0.3, -0.25) is 9.48 Å². The predicted molar refractivity (Wildman–Crippen MR) is 97.1 cm³/mol. The van der Waals surface area contributed by atoms with Gasteiger partial charge in [0, 0.05) is 5.69 Å². The van der Waals surface area contributed by atoms with Crippen molar-refractivity contribution in [3.8, 4) is 0 Å². The first-order valence-electron chi connectivity index (χ1n) is 8.95.